The number of amides is 1. The van der Waals surface area contributed by atoms with Crippen molar-refractivity contribution < 1.29 is 24.2 Å². The number of likely N-dealkylation sites (tertiary alicyclic amines) is 1. The zero-order valence-corrected chi connectivity index (χ0v) is 24.1. The summed E-state index contributed by atoms with van der Waals surface area (Å²) in [7, 11) is 2.09. The lowest BCUT2D eigenvalue weighted by Gasteiger charge is -2.64. The van der Waals surface area contributed by atoms with Crippen LogP contribution in [0.1, 0.15) is 62.3 Å². The number of carbonyl (C=O) groups is 2. The van der Waals surface area contributed by atoms with Crippen LogP contribution in [0.5, 0.6) is 11.5 Å². The van der Waals surface area contributed by atoms with Crippen molar-refractivity contribution in [3.63, 3.8) is 0 Å². The maximum atomic E-state index is 13.9. The number of aliphatic hydroxyl groups is 1. The topological polar surface area (TPSA) is 79.3 Å². The molecule has 1 saturated heterocycles. The highest BCUT2D eigenvalue weighted by Gasteiger charge is 2.73. The molecule has 2 aliphatic heterocycles. The fourth-order valence-corrected chi connectivity index (χ4v) is 8.09. The van der Waals surface area contributed by atoms with E-state index in [4.69, 9.17) is 9.47 Å². The van der Waals surface area contributed by atoms with Crippen molar-refractivity contribution in [2.45, 2.75) is 82.6 Å². The molecule has 4 aliphatic rings. The van der Waals surface area contributed by atoms with Crippen LogP contribution in [-0.2, 0) is 21.4 Å². The summed E-state index contributed by atoms with van der Waals surface area (Å²) < 4.78 is 12.5. The third-order valence-electron chi connectivity index (χ3n) is 9.64. The van der Waals surface area contributed by atoms with E-state index >= 15 is 0 Å². The van der Waals surface area contributed by atoms with E-state index in [1.165, 1.54) is 6.92 Å². The Morgan fingerprint density at radius 1 is 1.25 bits per heavy atom. The standard InChI is InChI=1S/C33H40N2O5/c1-20(2)19-35(28(37)12-9-23-8-6-7-21(3)17-23)25-13-14-33(38)27-18-24-10-11-26(39-22(4)36)30-29(24)32(33,31(25)40-30)15-16-34(27)5/h6-12,17,20,25,27,31,38H,13-16,18-19H2,1-5H3/b12-9+/t25?,27-,31?,32+,33-/m1/s1. The van der Waals surface area contributed by atoms with Crippen molar-refractivity contribution in [3.8, 4) is 11.5 Å². The van der Waals surface area contributed by atoms with Gasteiger partial charge in [-0.25, -0.2) is 0 Å². The van der Waals surface area contributed by atoms with Gasteiger partial charge in [-0.3, -0.25) is 9.59 Å². The van der Waals surface area contributed by atoms with Crippen LogP contribution in [0.15, 0.2) is 42.5 Å². The minimum atomic E-state index is -1.00. The number of aryl methyl sites for hydroxylation is 1. The number of esters is 1. The average Bonchev–Trinajstić information content (AvgIpc) is 3.25. The monoisotopic (exact) mass is 544 g/mol. The SMILES string of the molecule is CC(=O)Oc1ccc2c3c1OC1C(N(CC(C)C)C(=O)/C=C/c4cccc(C)c4)CC[C@@]4(O)[C@@H](C2)N(C)CC[C@]314. The summed E-state index contributed by atoms with van der Waals surface area (Å²) in [6.07, 6.45) is 5.75. The minimum absolute atomic E-state index is 0.0400. The predicted octanol–water partition coefficient (Wildman–Crippen LogP) is 4.27. The Morgan fingerprint density at radius 3 is 2.77 bits per heavy atom. The van der Waals surface area contributed by atoms with Crippen LogP contribution >= 0.6 is 0 Å². The number of rotatable bonds is 6. The summed E-state index contributed by atoms with van der Waals surface area (Å²) in [5.74, 6) is 0.756. The van der Waals surface area contributed by atoms with Crippen LogP contribution < -0.4 is 9.47 Å². The quantitative estimate of drug-likeness (QED) is 0.333. The third-order valence-corrected chi connectivity index (χ3v) is 9.64. The first kappa shape index (κ1) is 27.0. The number of carbonyl (C=O) groups excluding carboxylic acids is 2. The molecular formula is C33H40N2O5. The average molecular weight is 545 g/mol. The molecule has 1 spiro atoms. The Labute approximate surface area is 236 Å². The number of likely N-dealkylation sites (N-methyl/N-ethyl adjacent to an activating group) is 1. The van der Waals surface area contributed by atoms with E-state index in [2.05, 4.69) is 31.9 Å². The molecular weight excluding hydrogens is 504 g/mol. The van der Waals surface area contributed by atoms with E-state index in [0.29, 0.717) is 43.7 Å². The van der Waals surface area contributed by atoms with Gasteiger partial charge in [0.15, 0.2) is 11.5 Å². The molecule has 2 bridgehead atoms. The van der Waals surface area contributed by atoms with Gasteiger partial charge in [-0.05, 0) is 75.4 Å². The number of ether oxygens (including phenoxy) is 2. The van der Waals surface area contributed by atoms with Crippen LogP contribution in [-0.4, -0.2) is 70.7 Å². The Balaban J connectivity index is 1.44. The maximum Gasteiger partial charge on any atom is 0.308 e. The molecule has 2 unspecified atom stereocenters. The summed E-state index contributed by atoms with van der Waals surface area (Å²) in [5.41, 5.74) is 2.57. The molecule has 212 valence electrons. The summed E-state index contributed by atoms with van der Waals surface area (Å²) in [5, 5.41) is 12.6. The van der Waals surface area contributed by atoms with Crippen molar-refractivity contribution in [2.75, 3.05) is 20.1 Å². The molecule has 1 saturated carbocycles. The highest BCUT2D eigenvalue weighted by Crippen LogP contribution is 2.65. The lowest BCUT2D eigenvalue weighted by Crippen LogP contribution is -2.78. The van der Waals surface area contributed by atoms with Gasteiger partial charge >= 0.3 is 5.97 Å². The number of piperidine rings is 1. The number of hydrogen-bond acceptors (Lipinski definition) is 6. The Hall–Kier alpha value is -3.16. The Kier molecular flexibility index (Phi) is 6.58. The maximum absolute atomic E-state index is 13.9. The Morgan fingerprint density at radius 2 is 2.05 bits per heavy atom. The van der Waals surface area contributed by atoms with Crippen LogP contribution in [0, 0.1) is 12.8 Å². The number of benzene rings is 2. The van der Waals surface area contributed by atoms with Gasteiger partial charge in [0, 0.05) is 31.1 Å². The summed E-state index contributed by atoms with van der Waals surface area (Å²) in [6, 6.07) is 11.7. The van der Waals surface area contributed by atoms with Gasteiger partial charge in [-0.2, -0.15) is 0 Å². The van der Waals surface area contributed by atoms with Gasteiger partial charge in [-0.15, -0.1) is 0 Å². The van der Waals surface area contributed by atoms with Gasteiger partial charge < -0.3 is 24.4 Å². The summed E-state index contributed by atoms with van der Waals surface area (Å²) in [6.45, 7) is 9.08. The van der Waals surface area contributed by atoms with Crippen molar-refractivity contribution >= 4 is 18.0 Å². The molecule has 0 radical (unpaired) electrons. The molecule has 40 heavy (non-hydrogen) atoms. The first-order valence-electron chi connectivity index (χ1n) is 14.5. The molecule has 0 aromatic heterocycles. The smallest absolute Gasteiger partial charge is 0.308 e. The van der Waals surface area contributed by atoms with Crippen molar-refractivity contribution in [3.05, 3.63) is 64.7 Å². The van der Waals surface area contributed by atoms with Crippen molar-refractivity contribution in [1.82, 2.24) is 9.80 Å². The number of nitrogens with zero attached hydrogens (tertiary/aromatic N) is 2. The molecule has 7 nitrogen and oxygen atoms in total. The molecule has 5 atom stereocenters. The lowest BCUT2D eigenvalue weighted by atomic mass is 9.48. The van der Waals surface area contributed by atoms with E-state index in [9.17, 15) is 14.7 Å². The molecule has 1 N–H and O–H groups in total. The van der Waals surface area contributed by atoms with Gasteiger partial charge in [0.2, 0.25) is 5.91 Å². The fraction of sp³-hybridized carbons (Fsp3) is 0.515. The molecule has 2 aromatic carbocycles. The van der Waals surface area contributed by atoms with E-state index < -0.39 is 23.1 Å². The Bertz CT molecular complexity index is 1380. The second-order valence-electron chi connectivity index (χ2n) is 12.6. The first-order valence-corrected chi connectivity index (χ1v) is 14.5. The first-order chi connectivity index (χ1) is 19.0. The molecule has 6 rings (SSSR count). The highest BCUT2D eigenvalue weighted by molar-refractivity contribution is 5.92. The molecule has 2 aliphatic carbocycles. The molecule has 7 heteroatoms. The number of hydrogen-bond donors (Lipinski definition) is 1. The predicted molar refractivity (Wildman–Crippen MR) is 153 cm³/mol. The van der Waals surface area contributed by atoms with Crippen LogP contribution in [0.4, 0.5) is 0 Å². The zero-order valence-electron chi connectivity index (χ0n) is 24.1. The fourth-order valence-electron chi connectivity index (χ4n) is 8.09. The lowest BCUT2D eigenvalue weighted by molar-refractivity contribution is -0.197. The summed E-state index contributed by atoms with van der Waals surface area (Å²) in [4.78, 5) is 30.2. The van der Waals surface area contributed by atoms with E-state index in [-0.39, 0.29) is 23.9 Å². The van der Waals surface area contributed by atoms with E-state index in [1.807, 2.05) is 48.2 Å². The van der Waals surface area contributed by atoms with Gasteiger partial charge in [0.25, 0.3) is 0 Å². The van der Waals surface area contributed by atoms with Crippen LogP contribution in [0.25, 0.3) is 6.08 Å². The van der Waals surface area contributed by atoms with Gasteiger partial charge in [0.1, 0.15) is 6.10 Å². The third kappa shape index (κ3) is 4.00. The van der Waals surface area contributed by atoms with Gasteiger partial charge in [-0.1, -0.05) is 49.7 Å². The van der Waals surface area contributed by atoms with E-state index in [1.54, 1.807) is 6.08 Å². The molecule has 2 aromatic rings. The zero-order chi connectivity index (χ0) is 28.4. The van der Waals surface area contributed by atoms with Crippen molar-refractivity contribution in [1.29, 1.82) is 0 Å². The van der Waals surface area contributed by atoms with Crippen LogP contribution in [0.2, 0.25) is 0 Å². The second-order valence-corrected chi connectivity index (χ2v) is 12.6. The van der Waals surface area contributed by atoms with Crippen molar-refractivity contribution in [2.24, 2.45) is 5.92 Å². The summed E-state index contributed by atoms with van der Waals surface area (Å²) >= 11 is 0. The second kappa shape index (κ2) is 9.74. The van der Waals surface area contributed by atoms with E-state index in [0.717, 1.165) is 28.8 Å². The van der Waals surface area contributed by atoms with Gasteiger partial charge in [0.05, 0.1) is 17.1 Å². The molecule has 2 fully saturated rings. The normalized spacial score (nSPS) is 30.2. The molecule has 1 amide bonds. The highest BCUT2D eigenvalue weighted by atomic mass is 16.6. The minimum Gasteiger partial charge on any atom is -0.483 e. The van der Waals surface area contributed by atoms with Crippen LogP contribution in [0.3, 0.4) is 0 Å². The molecule has 2 heterocycles. The largest absolute Gasteiger partial charge is 0.483 e.